The van der Waals surface area contributed by atoms with Crippen molar-refractivity contribution in [2.45, 2.75) is 25.3 Å². The summed E-state index contributed by atoms with van der Waals surface area (Å²) in [6, 6.07) is 16.8. The molecule has 1 aromatic heterocycles. The van der Waals surface area contributed by atoms with Crippen LogP contribution < -0.4 is 10.6 Å². The fourth-order valence-electron chi connectivity index (χ4n) is 3.33. The van der Waals surface area contributed by atoms with Crippen LogP contribution in [0, 0.1) is 0 Å². The number of rotatable bonds is 6. The molecule has 0 aliphatic carbocycles. The van der Waals surface area contributed by atoms with Crippen molar-refractivity contribution in [1.82, 2.24) is 15.2 Å². The van der Waals surface area contributed by atoms with Crippen molar-refractivity contribution in [2.75, 3.05) is 11.9 Å². The Morgan fingerprint density at radius 2 is 1.86 bits per heavy atom. The maximum Gasteiger partial charge on any atom is 0.325 e. The van der Waals surface area contributed by atoms with Gasteiger partial charge in [0.2, 0.25) is 5.91 Å². The van der Waals surface area contributed by atoms with Crippen molar-refractivity contribution >= 4 is 44.5 Å². The summed E-state index contributed by atoms with van der Waals surface area (Å²) in [5.74, 6) is -0.849. The highest BCUT2D eigenvalue weighted by Gasteiger charge is 2.47. The van der Waals surface area contributed by atoms with Crippen LogP contribution in [0.1, 0.15) is 18.9 Å². The van der Waals surface area contributed by atoms with Gasteiger partial charge in [-0.3, -0.25) is 14.5 Å². The molecule has 0 radical (unpaired) electrons. The van der Waals surface area contributed by atoms with Crippen molar-refractivity contribution in [3.63, 3.8) is 0 Å². The number of hydrogen-bond acceptors (Lipinski definition) is 5. The Balaban J connectivity index is 1.39. The lowest BCUT2D eigenvalue weighted by atomic mass is 9.93. The van der Waals surface area contributed by atoms with E-state index in [1.165, 1.54) is 11.3 Å². The molecule has 2 N–H and O–H groups in total. The van der Waals surface area contributed by atoms with Gasteiger partial charge in [0.05, 0.1) is 10.2 Å². The van der Waals surface area contributed by atoms with E-state index < -0.39 is 23.4 Å². The third-order valence-corrected chi connectivity index (χ3v) is 5.90. The van der Waals surface area contributed by atoms with Gasteiger partial charge in [-0.05, 0) is 37.5 Å². The molecule has 3 aromatic rings. The zero-order chi connectivity index (χ0) is 20.4. The number of aryl methyl sites for hydroxylation is 1. The summed E-state index contributed by atoms with van der Waals surface area (Å²) in [5.41, 5.74) is 0.849. The zero-order valence-corrected chi connectivity index (χ0v) is 16.7. The van der Waals surface area contributed by atoms with Gasteiger partial charge in [0, 0.05) is 0 Å². The fourth-order valence-corrected chi connectivity index (χ4v) is 4.21. The Morgan fingerprint density at radius 1 is 1.14 bits per heavy atom. The molecule has 1 fully saturated rings. The SMILES string of the molecule is C[C@]1(CCc2ccccc2)NC(=O)N(CC(=O)Nc2nc3ccccc3s2)C1=O. The Morgan fingerprint density at radius 3 is 2.62 bits per heavy atom. The molecule has 1 aliphatic heterocycles. The molecule has 4 amide bonds. The number of benzene rings is 2. The molecule has 0 spiro atoms. The number of nitrogens with one attached hydrogen (secondary N) is 2. The van der Waals surface area contributed by atoms with Crippen LogP contribution >= 0.6 is 11.3 Å². The maximum atomic E-state index is 12.8. The average Bonchev–Trinajstić information content (AvgIpc) is 3.21. The molecule has 2 heterocycles. The van der Waals surface area contributed by atoms with E-state index in [1.54, 1.807) is 6.92 Å². The predicted octanol–water partition coefficient (Wildman–Crippen LogP) is 3.18. The predicted molar refractivity (Wildman–Crippen MR) is 112 cm³/mol. The van der Waals surface area contributed by atoms with Crippen LogP contribution in [0.3, 0.4) is 0 Å². The van der Waals surface area contributed by atoms with Gasteiger partial charge >= 0.3 is 6.03 Å². The highest BCUT2D eigenvalue weighted by Crippen LogP contribution is 2.26. The minimum Gasteiger partial charge on any atom is -0.323 e. The maximum absolute atomic E-state index is 12.8. The van der Waals surface area contributed by atoms with E-state index in [0.717, 1.165) is 20.7 Å². The lowest BCUT2D eigenvalue weighted by Crippen LogP contribution is -2.45. The van der Waals surface area contributed by atoms with Gasteiger partial charge in [0.25, 0.3) is 5.91 Å². The first-order chi connectivity index (χ1) is 13.9. The Hall–Kier alpha value is -3.26. The summed E-state index contributed by atoms with van der Waals surface area (Å²) in [4.78, 5) is 42.9. The van der Waals surface area contributed by atoms with Crippen LogP contribution in [0.2, 0.25) is 0 Å². The summed E-state index contributed by atoms with van der Waals surface area (Å²) in [7, 11) is 0. The molecule has 29 heavy (non-hydrogen) atoms. The number of thiazole rings is 1. The van der Waals surface area contributed by atoms with Gasteiger partial charge < -0.3 is 10.6 Å². The molecule has 0 saturated carbocycles. The van der Waals surface area contributed by atoms with Gasteiger partial charge in [-0.15, -0.1) is 0 Å². The number of urea groups is 1. The van der Waals surface area contributed by atoms with Gasteiger partial charge in [-0.25, -0.2) is 9.78 Å². The third kappa shape index (κ3) is 3.97. The van der Waals surface area contributed by atoms with Crippen LogP contribution in [0.5, 0.6) is 0 Å². The summed E-state index contributed by atoms with van der Waals surface area (Å²) in [6.07, 6.45) is 1.10. The standard InChI is InChI=1S/C21H20N4O3S/c1-21(12-11-14-7-3-2-4-8-14)18(27)25(20(28)24-21)13-17(26)23-19-22-15-9-5-6-10-16(15)29-19/h2-10H,11-13H2,1H3,(H,24,28)(H,22,23,26)/t21-/m1/s1. The molecule has 8 heteroatoms. The van der Waals surface area contributed by atoms with E-state index in [2.05, 4.69) is 15.6 Å². The number of imide groups is 1. The first-order valence-electron chi connectivity index (χ1n) is 9.28. The molecular formula is C21H20N4O3S. The molecule has 4 rings (SSSR count). The van der Waals surface area contributed by atoms with E-state index in [1.807, 2.05) is 54.6 Å². The third-order valence-electron chi connectivity index (χ3n) is 4.94. The molecule has 1 atom stereocenters. The molecule has 0 unspecified atom stereocenters. The van der Waals surface area contributed by atoms with Crippen molar-refractivity contribution in [2.24, 2.45) is 0 Å². The minimum absolute atomic E-state index is 0.346. The molecular weight excluding hydrogens is 388 g/mol. The average molecular weight is 408 g/mol. The second-order valence-electron chi connectivity index (χ2n) is 7.17. The van der Waals surface area contributed by atoms with Crippen LogP contribution in [-0.4, -0.2) is 39.8 Å². The lowest BCUT2D eigenvalue weighted by Gasteiger charge is -2.21. The number of carbonyl (C=O) groups is 3. The van der Waals surface area contributed by atoms with Crippen LogP contribution in [0.4, 0.5) is 9.93 Å². The quantitative estimate of drug-likeness (QED) is 0.613. The highest BCUT2D eigenvalue weighted by molar-refractivity contribution is 7.22. The highest BCUT2D eigenvalue weighted by atomic mass is 32.1. The first-order valence-corrected chi connectivity index (χ1v) is 10.1. The van der Waals surface area contributed by atoms with E-state index in [9.17, 15) is 14.4 Å². The topological polar surface area (TPSA) is 91.4 Å². The molecule has 0 bridgehead atoms. The fraction of sp³-hybridized carbons (Fsp3) is 0.238. The van der Waals surface area contributed by atoms with Crippen molar-refractivity contribution in [3.05, 3.63) is 60.2 Å². The number of amides is 4. The number of para-hydroxylation sites is 1. The Bertz CT molecular complexity index is 1050. The summed E-state index contributed by atoms with van der Waals surface area (Å²) in [5, 5.41) is 5.85. The molecule has 148 valence electrons. The molecule has 7 nitrogen and oxygen atoms in total. The van der Waals surface area contributed by atoms with Gasteiger partial charge in [-0.2, -0.15) is 0 Å². The Labute approximate surface area is 171 Å². The van der Waals surface area contributed by atoms with Crippen LogP contribution in [-0.2, 0) is 16.0 Å². The van der Waals surface area contributed by atoms with E-state index in [-0.39, 0.29) is 6.54 Å². The number of aromatic nitrogens is 1. The minimum atomic E-state index is -1.02. The normalized spacial score (nSPS) is 18.9. The second-order valence-corrected chi connectivity index (χ2v) is 8.20. The van der Waals surface area contributed by atoms with Crippen molar-refractivity contribution in [3.8, 4) is 0 Å². The van der Waals surface area contributed by atoms with Gasteiger partial charge in [0.15, 0.2) is 5.13 Å². The summed E-state index contributed by atoms with van der Waals surface area (Å²) in [6.45, 7) is 1.35. The smallest absolute Gasteiger partial charge is 0.323 e. The van der Waals surface area contributed by atoms with Crippen molar-refractivity contribution in [1.29, 1.82) is 0 Å². The van der Waals surface area contributed by atoms with Crippen LogP contribution in [0.15, 0.2) is 54.6 Å². The largest absolute Gasteiger partial charge is 0.325 e. The number of fused-ring (bicyclic) bond motifs is 1. The summed E-state index contributed by atoms with van der Waals surface area (Å²) < 4.78 is 0.950. The zero-order valence-electron chi connectivity index (χ0n) is 15.8. The Kier molecular flexibility index (Phi) is 5.02. The molecule has 1 aliphatic rings. The lowest BCUT2D eigenvalue weighted by molar-refractivity contribution is -0.133. The monoisotopic (exact) mass is 408 g/mol. The van der Waals surface area contributed by atoms with Gasteiger partial charge in [0.1, 0.15) is 12.1 Å². The molecule has 2 aromatic carbocycles. The summed E-state index contributed by atoms with van der Waals surface area (Å²) >= 11 is 1.34. The number of anilines is 1. The molecule has 1 saturated heterocycles. The van der Waals surface area contributed by atoms with E-state index in [4.69, 9.17) is 0 Å². The number of nitrogens with zero attached hydrogens (tertiary/aromatic N) is 2. The number of carbonyl (C=O) groups excluding carboxylic acids is 3. The second kappa shape index (κ2) is 7.63. The van der Waals surface area contributed by atoms with Gasteiger partial charge in [-0.1, -0.05) is 53.8 Å². The van der Waals surface area contributed by atoms with E-state index in [0.29, 0.717) is 18.0 Å². The first kappa shape index (κ1) is 19.1. The van der Waals surface area contributed by atoms with E-state index >= 15 is 0 Å². The van der Waals surface area contributed by atoms with Crippen LogP contribution in [0.25, 0.3) is 10.2 Å². The van der Waals surface area contributed by atoms with Crippen molar-refractivity contribution < 1.29 is 14.4 Å². The number of hydrogen-bond donors (Lipinski definition) is 2.